The van der Waals surface area contributed by atoms with E-state index in [9.17, 15) is 0 Å². The Morgan fingerprint density at radius 3 is 2.50 bits per heavy atom. The van der Waals surface area contributed by atoms with E-state index in [0.29, 0.717) is 12.1 Å². The van der Waals surface area contributed by atoms with E-state index in [0.717, 1.165) is 5.92 Å². The van der Waals surface area contributed by atoms with Gasteiger partial charge in [-0.05, 0) is 44.7 Å². The SMILES string of the molecule is CC1CCN(C(C)C(N)c2ccccc2)C(C)C1. The summed E-state index contributed by atoms with van der Waals surface area (Å²) in [5.41, 5.74) is 7.67. The number of likely N-dealkylation sites (tertiary alicyclic amines) is 1. The molecule has 0 radical (unpaired) electrons. The molecule has 0 aromatic heterocycles. The lowest BCUT2D eigenvalue weighted by Crippen LogP contribution is -2.49. The van der Waals surface area contributed by atoms with Crippen LogP contribution in [0.3, 0.4) is 0 Å². The molecule has 2 N–H and O–H groups in total. The fourth-order valence-electron chi connectivity index (χ4n) is 3.19. The van der Waals surface area contributed by atoms with Gasteiger partial charge in [-0.25, -0.2) is 0 Å². The Morgan fingerprint density at radius 2 is 1.89 bits per heavy atom. The zero-order valence-electron chi connectivity index (χ0n) is 11.8. The maximum Gasteiger partial charge on any atom is 0.0450 e. The van der Waals surface area contributed by atoms with Gasteiger partial charge in [-0.2, -0.15) is 0 Å². The summed E-state index contributed by atoms with van der Waals surface area (Å²) in [7, 11) is 0. The second kappa shape index (κ2) is 5.85. The van der Waals surface area contributed by atoms with Crippen molar-refractivity contribution in [2.24, 2.45) is 11.7 Å². The molecule has 2 heteroatoms. The lowest BCUT2D eigenvalue weighted by atomic mass is 9.90. The van der Waals surface area contributed by atoms with Gasteiger partial charge in [-0.1, -0.05) is 37.3 Å². The number of nitrogens with zero attached hydrogens (tertiary/aromatic N) is 1. The highest BCUT2D eigenvalue weighted by Crippen LogP contribution is 2.28. The second-order valence-electron chi connectivity index (χ2n) is 5.89. The topological polar surface area (TPSA) is 29.3 Å². The summed E-state index contributed by atoms with van der Waals surface area (Å²) in [6.45, 7) is 8.15. The van der Waals surface area contributed by atoms with Crippen molar-refractivity contribution in [1.82, 2.24) is 4.90 Å². The molecule has 1 fully saturated rings. The molecule has 0 saturated carbocycles. The van der Waals surface area contributed by atoms with Gasteiger partial charge in [0.15, 0.2) is 0 Å². The molecule has 2 rings (SSSR count). The molecule has 0 spiro atoms. The maximum atomic E-state index is 6.42. The minimum Gasteiger partial charge on any atom is -0.323 e. The molecule has 0 aliphatic carbocycles. The van der Waals surface area contributed by atoms with Gasteiger partial charge in [-0.3, -0.25) is 4.90 Å². The van der Waals surface area contributed by atoms with Crippen molar-refractivity contribution < 1.29 is 0 Å². The lowest BCUT2D eigenvalue weighted by Gasteiger charge is -2.42. The molecule has 18 heavy (non-hydrogen) atoms. The highest BCUT2D eigenvalue weighted by molar-refractivity contribution is 5.20. The van der Waals surface area contributed by atoms with Gasteiger partial charge in [0.1, 0.15) is 0 Å². The van der Waals surface area contributed by atoms with Crippen molar-refractivity contribution in [3.63, 3.8) is 0 Å². The van der Waals surface area contributed by atoms with Gasteiger partial charge in [0, 0.05) is 18.1 Å². The third-order valence-electron chi connectivity index (χ3n) is 4.42. The second-order valence-corrected chi connectivity index (χ2v) is 5.89. The van der Waals surface area contributed by atoms with Gasteiger partial charge in [0.2, 0.25) is 0 Å². The van der Waals surface area contributed by atoms with Crippen molar-refractivity contribution in [3.05, 3.63) is 35.9 Å². The highest BCUT2D eigenvalue weighted by atomic mass is 15.2. The number of hydrogen-bond acceptors (Lipinski definition) is 2. The summed E-state index contributed by atoms with van der Waals surface area (Å²) in [5.74, 6) is 0.858. The molecule has 1 heterocycles. The molecule has 1 aromatic rings. The van der Waals surface area contributed by atoms with E-state index in [1.807, 2.05) is 6.07 Å². The summed E-state index contributed by atoms with van der Waals surface area (Å²) >= 11 is 0. The largest absolute Gasteiger partial charge is 0.323 e. The molecular formula is C16H26N2. The summed E-state index contributed by atoms with van der Waals surface area (Å²) in [6, 6.07) is 11.6. The van der Waals surface area contributed by atoms with Crippen LogP contribution in [0.25, 0.3) is 0 Å². The molecule has 1 aliphatic heterocycles. The van der Waals surface area contributed by atoms with Crippen LogP contribution in [0.4, 0.5) is 0 Å². The highest BCUT2D eigenvalue weighted by Gasteiger charge is 2.29. The van der Waals surface area contributed by atoms with Crippen LogP contribution in [0.2, 0.25) is 0 Å². The molecule has 2 nitrogen and oxygen atoms in total. The molecule has 0 amide bonds. The van der Waals surface area contributed by atoms with Gasteiger partial charge < -0.3 is 5.73 Å². The van der Waals surface area contributed by atoms with Gasteiger partial charge in [-0.15, -0.1) is 0 Å². The fraction of sp³-hybridized carbons (Fsp3) is 0.625. The van der Waals surface area contributed by atoms with Crippen LogP contribution >= 0.6 is 0 Å². The number of hydrogen-bond donors (Lipinski definition) is 1. The standard InChI is InChI=1S/C16H26N2/c1-12-9-10-18(13(2)11-12)14(3)16(17)15-7-5-4-6-8-15/h4-8,12-14,16H,9-11,17H2,1-3H3. The minimum absolute atomic E-state index is 0.113. The monoisotopic (exact) mass is 246 g/mol. The Balaban J connectivity index is 2.04. The van der Waals surface area contributed by atoms with E-state index in [2.05, 4.69) is 49.9 Å². The predicted molar refractivity (Wildman–Crippen MR) is 77.4 cm³/mol. The Labute approximate surface area is 111 Å². The van der Waals surface area contributed by atoms with E-state index < -0.39 is 0 Å². The quantitative estimate of drug-likeness (QED) is 0.887. The van der Waals surface area contributed by atoms with E-state index in [-0.39, 0.29) is 6.04 Å². The van der Waals surface area contributed by atoms with Crippen molar-refractivity contribution >= 4 is 0 Å². The van der Waals surface area contributed by atoms with Crippen molar-refractivity contribution in [2.75, 3.05) is 6.54 Å². The summed E-state index contributed by atoms with van der Waals surface area (Å²) in [6.07, 6.45) is 2.60. The van der Waals surface area contributed by atoms with Crippen molar-refractivity contribution in [1.29, 1.82) is 0 Å². The van der Waals surface area contributed by atoms with Crippen LogP contribution in [0, 0.1) is 5.92 Å². The first kappa shape index (κ1) is 13.6. The number of nitrogens with two attached hydrogens (primary N) is 1. The molecule has 1 aromatic carbocycles. The Kier molecular flexibility index (Phi) is 4.41. The smallest absolute Gasteiger partial charge is 0.0450 e. The van der Waals surface area contributed by atoms with Crippen LogP contribution in [-0.2, 0) is 0 Å². The van der Waals surface area contributed by atoms with Gasteiger partial charge in [0.05, 0.1) is 0 Å². The first-order valence-corrected chi connectivity index (χ1v) is 7.16. The van der Waals surface area contributed by atoms with Crippen LogP contribution in [0.1, 0.15) is 45.2 Å². The predicted octanol–water partition coefficient (Wildman–Crippen LogP) is 3.20. The molecule has 100 valence electrons. The summed E-state index contributed by atoms with van der Waals surface area (Å²) in [5, 5.41) is 0. The first-order chi connectivity index (χ1) is 8.59. The van der Waals surface area contributed by atoms with Crippen LogP contribution in [0.15, 0.2) is 30.3 Å². The van der Waals surface area contributed by atoms with Crippen LogP contribution in [-0.4, -0.2) is 23.5 Å². The molecule has 1 aliphatic rings. The molecular weight excluding hydrogens is 220 g/mol. The Morgan fingerprint density at radius 1 is 1.22 bits per heavy atom. The van der Waals surface area contributed by atoms with E-state index >= 15 is 0 Å². The summed E-state index contributed by atoms with van der Waals surface area (Å²) in [4.78, 5) is 2.58. The maximum absolute atomic E-state index is 6.42. The Bertz CT molecular complexity index is 363. The molecule has 4 unspecified atom stereocenters. The summed E-state index contributed by atoms with van der Waals surface area (Å²) < 4.78 is 0. The average Bonchev–Trinajstić information content (AvgIpc) is 2.38. The number of rotatable bonds is 3. The number of piperidine rings is 1. The molecule has 4 atom stereocenters. The zero-order valence-corrected chi connectivity index (χ0v) is 11.8. The van der Waals surface area contributed by atoms with Crippen molar-refractivity contribution in [2.45, 2.75) is 51.7 Å². The van der Waals surface area contributed by atoms with Gasteiger partial charge >= 0.3 is 0 Å². The molecule has 1 saturated heterocycles. The zero-order chi connectivity index (χ0) is 13.1. The van der Waals surface area contributed by atoms with Crippen LogP contribution in [0.5, 0.6) is 0 Å². The Hall–Kier alpha value is -0.860. The third kappa shape index (κ3) is 2.93. The van der Waals surface area contributed by atoms with E-state index in [1.165, 1.54) is 24.9 Å². The van der Waals surface area contributed by atoms with E-state index in [1.54, 1.807) is 0 Å². The van der Waals surface area contributed by atoms with E-state index in [4.69, 9.17) is 5.73 Å². The number of benzene rings is 1. The van der Waals surface area contributed by atoms with Crippen molar-refractivity contribution in [3.8, 4) is 0 Å². The third-order valence-corrected chi connectivity index (χ3v) is 4.42. The average molecular weight is 246 g/mol. The van der Waals surface area contributed by atoms with Crippen LogP contribution < -0.4 is 5.73 Å². The normalized spacial score (nSPS) is 28.9. The molecule has 0 bridgehead atoms. The minimum atomic E-state index is 0.113. The first-order valence-electron chi connectivity index (χ1n) is 7.16. The van der Waals surface area contributed by atoms with Gasteiger partial charge in [0.25, 0.3) is 0 Å². The fourth-order valence-corrected chi connectivity index (χ4v) is 3.19. The lowest BCUT2D eigenvalue weighted by molar-refractivity contribution is 0.0770.